The predicted molar refractivity (Wildman–Crippen MR) is 145 cm³/mol. The molecule has 1 aliphatic carbocycles. The van der Waals surface area contributed by atoms with E-state index in [4.69, 9.17) is 10.5 Å². The van der Waals surface area contributed by atoms with Crippen LogP contribution in [0.4, 0.5) is 5.69 Å². The lowest BCUT2D eigenvalue weighted by Gasteiger charge is -2.38. The molecule has 0 saturated carbocycles. The number of rotatable bonds is 3. The molecule has 1 amide bonds. The first kappa shape index (κ1) is 24.6. The molecule has 0 bridgehead atoms. The molecule has 1 heterocycles. The van der Waals surface area contributed by atoms with Gasteiger partial charge in [0.05, 0.1) is 5.71 Å². The summed E-state index contributed by atoms with van der Waals surface area (Å²) in [5.74, 6) is -1.08. The van der Waals surface area contributed by atoms with Crippen molar-refractivity contribution in [3.05, 3.63) is 88.2 Å². The van der Waals surface area contributed by atoms with E-state index in [1.165, 1.54) is 32.6 Å². The van der Waals surface area contributed by atoms with Crippen LogP contribution >= 0.6 is 0 Å². The highest BCUT2D eigenvalue weighted by molar-refractivity contribution is 6.98. The van der Waals surface area contributed by atoms with Crippen molar-refractivity contribution in [3.8, 4) is 0 Å². The summed E-state index contributed by atoms with van der Waals surface area (Å²) < 4.78 is 5.27. The van der Waals surface area contributed by atoms with Gasteiger partial charge in [-0.2, -0.15) is 0 Å². The van der Waals surface area contributed by atoms with Crippen LogP contribution < -0.4 is 10.9 Å². The highest BCUT2D eigenvalue weighted by Gasteiger charge is 2.39. The number of aliphatic imine (C=N–C) groups is 1. The Morgan fingerprint density at radius 2 is 1.74 bits per heavy atom. The van der Waals surface area contributed by atoms with Crippen molar-refractivity contribution in [2.45, 2.75) is 52.8 Å². The lowest BCUT2D eigenvalue weighted by molar-refractivity contribution is -0.156. The molecule has 0 radical (unpaired) electrons. The second kappa shape index (κ2) is 8.93. The Bertz CT molecular complexity index is 1350. The second-order valence-electron chi connectivity index (χ2n) is 10.6. The number of nitrogen functional groups attached to an aromatic ring is 1. The largest absolute Gasteiger partial charge is 0.460 e. The van der Waals surface area contributed by atoms with Gasteiger partial charge in [0, 0.05) is 5.69 Å². The van der Waals surface area contributed by atoms with E-state index < -0.39 is 25.6 Å². The van der Waals surface area contributed by atoms with Crippen LogP contribution in [-0.4, -0.2) is 31.3 Å². The Hall–Kier alpha value is -3.51. The molecule has 0 unspecified atom stereocenters. The molecule has 5 nitrogen and oxygen atoms in total. The minimum absolute atomic E-state index is 0.380. The third kappa shape index (κ3) is 4.98. The predicted octanol–water partition coefficient (Wildman–Crippen LogP) is 5.04. The summed E-state index contributed by atoms with van der Waals surface area (Å²) in [5.41, 5.74) is 12.8. The van der Waals surface area contributed by atoms with Crippen LogP contribution in [0.25, 0.3) is 5.57 Å². The minimum atomic E-state index is -2.17. The Morgan fingerprint density at radius 1 is 1.03 bits per heavy atom. The molecule has 180 valence electrons. The summed E-state index contributed by atoms with van der Waals surface area (Å²) in [6.07, 6.45) is 5.55. The number of hydrogen-bond acceptors (Lipinski definition) is 4. The minimum Gasteiger partial charge on any atom is -0.460 e. The van der Waals surface area contributed by atoms with Crippen molar-refractivity contribution in [3.63, 3.8) is 0 Å². The van der Waals surface area contributed by atoms with Gasteiger partial charge in [-0.25, -0.2) is 4.99 Å². The fraction of sp³-hybridized carbons (Fsp3) is 0.276. The Kier molecular flexibility index (Phi) is 6.28. The van der Waals surface area contributed by atoms with E-state index >= 15 is 0 Å². The van der Waals surface area contributed by atoms with Gasteiger partial charge in [0.15, 0.2) is 0 Å². The number of esters is 1. The molecule has 2 N–H and O–H groups in total. The average Bonchev–Trinajstić information content (AvgIpc) is 2.74. The molecular weight excluding hydrogens is 452 g/mol. The number of aryl methyl sites for hydroxylation is 1. The number of amides is 1. The highest BCUT2D eigenvalue weighted by atomic mass is 28.3. The maximum atomic E-state index is 12.5. The maximum Gasteiger partial charge on any atom is 0.315 e. The van der Waals surface area contributed by atoms with E-state index in [9.17, 15) is 9.59 Å². The molecule has 6 heteroatoms. The van der Waals surface area contributed by atoms with Crippen molar-refractivity contribution < 1.29 is 14.3 Å². The molecule has 0 spiro atoms. The quantitative estimate of drug-likeness (QED) is 0.286. The molecule has 2 aromatic rings. The molecule has 0 aromatic heterocycles. The van der Waals surface area contributed by atoms with E-state index in [1.807, 2.05) is 24.3 Å². The van der Waals surface area contributed by atoms with E-state index in [0.717, 1.165) is 11.3 Å². The fourth-order valence-electron chi connectivity index (χ4n) is 4.75. The monoisotopic (exact) mass is 484 g/mol. The number of anilines is 1. The number of carbonyl (C=O) groups excluding carboxylic acids is 2. The number of nitrogens with two attached hydrogens (primary N) is 1. The van der Waals surface area contributed by atoms with Gasteiger partial charge in [-0.15, -0.1) is 0 Å². The number of benzene rings is 2. The first-order chi connectivity index (χ1) is 16.4. The zero-order valence-electron chi connectivity index (χ0n) is 21.2. The number of ether oxygens (including phenoxy) is 1. The Balaban J connectivity index is 1.81. The van der Waals surface area contributed by atoms with Crippen molar-refractivity contribution in [2.24, 2.45) is 4.99 Å². The van der Waals surface area contributed by atoms with Gasteiger partial charge in [-0.05, 0) is 90.2 Å². The zero-order valence-corrected chi connectivity index (χ0v) is 22.2. The van der Waals surface area contributed by atoms with Crippen LogP contribution in [0.3, 0.4) is 0 Å². The lowest BCUT2D eigenvalue weighted by Crippen LogP contribution is -2.49. The van der Waals surface area contributed by atoms with Gasteiger partial charge in [-0.3, -0.25) is 9.59 Å². The smallest absolute Gasteiger partial charge is 0.315 e. The van der Waals surface area contributed by atoms with Gasteiger partial charge in [0.1, 0.15) is 20.1 Å². The molecule has 2 aliphatic rings. The molecule has 35 heavy (non-hydrogen) atoms. The topological polar surface area (TPSA) is 81.8 Å². The number of carbonyl (C=O) groups is 2. The zero-order chi connectivity index (χ0) is 25.5. The average molecular weight is 485 g/mol. The summed E-state index contributed by atoms with van der Waals surface area (Å²) in [6, 6.07) is 14.6. The van der Waals surface area contributed by atoms with E-state index in [1.54, 1.807) is 20.8 Å². The van der Waals surface area contributed by atoms with Crippen molar-refractivity contribution >= 4 is 42.1 Å². The third-order valence-corrected chi connectivity index (χ3v) is 9.84. The van der Waals surface area contributed by atoms with Crippen molar-refractivity contribution in [1.29, 1.82) is 0 Å². The third-order valence-electron chi connectivity index (χ3n) is 6.32. The summed E-state index contributed by atoms with van der Waals surface area (Å²) in [7, 11) is -2.17. The first-order valence-electron chi connectivity index (χ1n) is 11.8. The van der Waals surface area contributed by atoms with Crippen LogP contribution in [0.5, 0.6) is 0 Å². The Labute approximate surface area is 208 Å². The standard InChI is InChI=1S/C29H32N2O3Si/c1-18-9-7-8-10-21(18)28-22-13-11-19(30)15-24(22)35(5,6)25-16-20(12-14-23(25)28)31-26(32)17-27(33)34-29(2,3)4/h7-16H,17,30H2,1-6H3. The second-order valence-corrected chi connectivity index (χ2v) is 14.9. The fourth-order valence-corrected chi connectivity index (χ4v) is 7.84. The van der Waals surface area contributed by atoms with Gasteiger partial charge in [-0.1, -0.05) is 49.5 Å². The van der Waals surface area contributed by atoms with E-state index in [0.29, 0.717) is 5.71 Å². The lowest BCUT2D eigenvalue weighted by atomic mass is 9.87. The van der Waals surface area contributed by atoms with Crippen molar-refractivity contribution in [1.82, 2.24) is 0 Å². The summed E-state index contributed by atoms with van der Waals surface area (Å²) in [5, 5.41) is 2.46. The first-order valence-corrected chi connectivity index (χ1v) is 14.8. The normalized spacial score (nSPS) is 17.5. The maximum absolute atomic E-state index is 12.5. The van der Waals surface area contributed by atoms with Crippen LogP contribution in [-0.2, 0) is 14.3 Å². The summed E-state index contributed by atoms with van der Waals surface area (Å²) in [4.78, 5) is 28.9. The van der Waals surface area contributed by atoms with Gasteiger partial charge < -0.3 is 10.5 Å². The SMILES string of the molecule is Cc1ccccc1C1=C2C=CC(=NC(=O)CC(=O)OC(C)(C)C)C=C2[Si](C)(C)c2cc(N)ccc21. The molecule has 0 fully saturated rings. The van der Waals surface area contributed by atoms with Gasteiger partial charge in [0.2, 0.25) is 0 Å². The molecule has 0 saturated heterocycles. The molecule has 0 atom stereocenters. The van der Waals surface area contributed by atoms with E-state index in [2.05, 4.69) is 61.4 Å². The van der Waals surface area contributed by atoms with Crippen LogP contribution in [0.2, 0.25) is 13.1 Å². The number of fused-ring (bicyclic) bond motifs is 2. The van der Waals surface area contributed by atoms with Crippen molar-refractivity contribution in [2.75, 3.05) is 5.73 Å². The molecular formula is C29H32N2O3Si. The number of hydrogen-bond donors (Lipinski definition) is 1. The van der Waals surface area contributed by atoms with Gasteiger partial charge >= 0.3 is 5.97 Å². The number of allylic oxidation sites excluding steroid dienone is 5. The summed E-state index contributed by atoms with van der Waals surface area (Å²) >= 11 is 0. The van der Waals surface area contributed by atoms with Crippen LogP contribution in [0.1, 0.15) is 43.9 Å². The van der Waals surface area contributed by atoms with Gasteiger partial charge in [0.25, 0.3) is 5.91 Å². The van der Waals surface area contributed by atoms with E-state index in [-0.39, 0.29) is 6.42 Å². The number of nitrogens with zero attached hydrogens (tertiary/aromatic N) is 1. The molecule has 4 rings (SSSR count). The molecule has 1 aliphatic heterocycles. The Morgan fingerprint density at radius 3 is 2.43 bits per heavy atom. The molecule has 2 aromatic carbocycles. The highest BCUT2D eigenvalue weighted by Crippen LogP contribution is 2.42. The van der Waals surface area contributed by atoms with Crippen LogP contribution in [0, 0.1) is 6.92 Å². The van der Waals surface area contributed by atoms with Crippen LogP contribution in [0.15, 0.2) is 76.5 Å². The summed E-state index contributed by atoms with van der Waals surface area (Å²) in [6.45, 7) is 12.0.